The number of hydrogen-bond donors (Lipinski definition) is 0. The van der Waals surface area contributed by atoms with E-state index in [2.05, 4.69) is 31.2 Å². The summed E-state index contributed by atoms with van der Waals surface area (Å²) in [5.74, 6) is 0. The van der Waals surface area contributed by atoms with E-state index in [1.54, 1.807) is 42.5 Å². The van der Waals surface area contributed by atoms with Gasteiger partial charge < -0.3 is 18.6 Å². The van der Waals surface area contributed by atoms with Crippen molar-refractivity contribution in [2.45, 2.75) is 52.4 Å². The molecule has 0 fully saturated rings. The largest absolute Gasteiger partial charge is 0.309 e. The van der Waals surface area contributed by atoms with Crippen molar-refractivity contribution in [3.05, 3.63) is 253 Å². The zero-order chi connectivity index (χ0) is 73.5. The summed E-state index contributed by atoms with van der Waals surface area (Å²) in [5.41, 5.74) is 2.34. The van der Waals surface area contributed by atoms with Gasteiger partial charge in [-0.2, -0.15) is 0 Å². The van der Waals surface area contributed by atoms with Crippen LogP contribution >= 0.6 is 0 Å². The Labute approximate surface area is 488 Å². The van der Waals surface area contributed by atoms with Crippen LogP contribution in [-0.4, -0.2) is 8.80 Å². The zero-order valence-electron chi connectivity index (χ0n) is 67.0. The minimum Gasteiger partial charge on any atom is -0.309 e. The van der Waals surface area contributed by atoms with Crippen LogP contribution in [0.4, 0.5) is 34.1 Å². The van der Waals surface area contributed by atoms with E-state index in [1.807, 2.05) is 73.7 Å². The maximum absolute atomic E-state index is 9.88. The van der Waals surface area contributed by atoms with Gasteiger partial charge in [0.15, 0.2) is 0 Å². The molecule has 4 aromatic heterocycles. The zero-order valence-corrected chi connectivity index (χ0v) is 43.0. The molecule has 4 nitrogen and oxygen atoms in total. The van der Waals surface area contributed by atoms with Crippen LogP contribution in [0.5, 0.6) is 0 Å². The highest BCUT2D eigenvalue weighted by molar-refractivity contribution is 6.32. The first kappa shape index (κ1) is 27.6. The highest BCUT2D eigenvalue weighted by atomic mass is 15.2. The highest BCUT2D eigenvalue weighted by Gasteiger charge is 2.30. The molecule has 15 rings (SSSR count). The van der Waals surface area contributed by atoms with Crippen LogP contribution in [0.15, 0.2) is 242 Å². The monoisotopic (exact) mass is 1030 g/mol. The van der Waals surface area contributed by atoms with Gasteiger partial charge in [0.05, 0.1) is 88.7 Å². The summed E-state index contributed by atoms with van der Waals surface area (Å²) in [4.78, 5) is 2.66. The van der Waals surface area contributed by atoms with Crippen molar-refractivity contribution >= 4 is 110 Å². The molecule has 0 aliphatic rings. The third kappa shape index (κ3) is 6.85. The second-order valence-electron chi connectivity index (χ2n) is 21.6. The van der Waals surface area contributed by atoms with Crippen molar-refractivity contribution in [1.29, 1.82) is 0 Å². The Bertz CT molecular complexity index is 6180. The van der Waals surface area contributed by atoms with Gasteiger partial charge in [0.2, 0.25) is 0 Å². The van der Waals surface area contributed by atoms with Gasteiger partial charge >= 0.3 is 0 Å². The van der Waals surface area contributed by atoms with Crippen molar-refractivity contribution in [2.75, 3.05) is 9.80 Å². The Morgan fingerprint density at radius 2 is 0.756 bits per heavy atom. The van der Waals surface area contributed by atoms with E-state index < -0.39 is 178 Å². The molecule has 11 aromatic carbocycles. The lowest BCUT2D eigenvalue weighted by Gasteiger charge is -2.29. The van der Waals surface area contributed by atoms with Crippen molar-refractivity contribution in [2.24, 2.45) is 0 Å². The van der Waals surface area contributed by atoms with Gasteiger partial charge in [0, 0.05) is 65.6 Å². The van der Waals surface area contributed by atoms with Crippen LogP contribution in [0.3, 0.4) is 0 Å². The molecular weight excluding hydrogens is 945 g/mol. The standard InChI is InChI=1S/C74H58N4/c1-73(2,3)49-35-39-63-59(43-49)69-65(75(51-27-15-9-16-28-51)61-33-21-19-31-53(61)47-23-11-7-12-24-47)41-37-55-57-46-68-58(45-67(57)77(63)71(55)69)56-38-42-66(70-60-44-50(74(4,5)6)36-40-64(60)78(68)72(56)70)76(52-29-17-10-18-30-52)62-34-22-20-32-54(62)48-25-13-8-14-26-48/h7-46H,1-6H3/i7D,8D,9D,10D,11D,12D,13D,14D,15D,16D,17D,18D,19D,21D,23D,24D,25D,26D,27D,28D,29D,30D,31D,33D. The molecule has 4 heteroatoms. The third-order valence-corrected chi connectivity index (χ3v) is 15.1. The lowest BCUT2D eigenvalue weighted by Crippen LogP contribution is -2.12. The molecule has 0 aliphatic heterocycles. The minimum absolute atomic E-state index is 0.0311. The van der Waals surface area contributed by atoms with E-state index in [-0.39, 0.29) is 28.2 Å². The summed E-state index contributed by atoms with van der Waals surface area (Å²) in [6, 6.07) is 12.2. The lowest BCUT2D eigenvalue weighted by atomic mass is 9.86. The van der Waals surface area contributed by atoms with Crippen LogP contribution in [0, 0.1) is 0 Å². The van der Waals surface area contributed by atoms with E-state index in [0.717, 1.165) is 21.4 Å². The predicted octanol–water partition coefficient (Wildman–Crippen LogP) is 20.9. The van der Waals surface area contributed by atoms with Gasteiger partial charge in [-0.15, -0.1) is 0 Å². The van der Waals surface area contributed by atoms with Crippen molar-refractivity contribution < 1.29 is 32.9 Å². The molecule has 0 saturated carbocycles. The van der Waals surface area contributed by atoms with E-state index in [9.17, 15) is 15.1 Å². The number of rotatable bonds is 8. The molecule has 0 radical (unpaired) electrons. The number of fused-ring (bicyclic) bond motifs is 12. The number of hydrogen-bond acceptors (Lipinski definition) is 2. The lowest BCUT2D eigenvalue weighted by molar-refractivity contribution is 0.591. The van der Waals surface area contributed by atoms with Gasteiger partial charge in [0.25, 0.3) is 0 Å². The Morgan fingerprint density at radius 1 is 0.333 bits per heavy atom. The predicted molar refractivity (Wildman–Crippen MR) is 333 cm³/mol. The average Bonchev–Trinajstić information content (AvgIpc) is 1.50. The summed E-state index contributed by atoms with van der Waals surface area (Å²) in [6.45, 7) is 12.3. The Balaban J connectivity index is 1.10. The molecule has 0 spiro atoms. The fraction of sp³-hybridized carbons (Fsp3) is 0.108. The highest BCUT2D eigenvalue weighted by Crippen LogP contribution is 2.53. The maximum atomic E-state index is 9.88. The molecule has 78 heavy (non-hydrogen) atoms. The van der Waals surface area contributed by atoms with Crippen molar-refractivity contribution in [3.8, 4) is 22.3 Å². The minimum atomic E-state index is -0.844. The van der Waals surface area contributed by atoms with E-state index >= 15 is 0 Å². The molecular formula is C74H58N4. The van der Waals surface area contributed by atoms with Gasteiger partial charge in [0.1, 0.15) is 0 Å². The topological polar surface area (TPSA) is 15.3 Å². The number of benzene rings is 11. The SMILES string of the molecule is [2H]c1c([2H])c([2H])c(-c2ccccc2N(c2c([2H])c([2H])c([2H])c([2H])c2[2H])c2ccc3c4cc5c(cc4n4c6ccc(C(C)(C)C)cc6c2c34)c2ccc(N(c3c([2H])c([2H])c([2H])c([2H])c3[2H])c3c([2H])c([2H])c([2H])c([2H])c3-c3c([2H])c([2H])c([2H])c([2H])c3[2H])c3c4cc(C(C)(C)C)ccc4n5c23)c([2H])c1[2H]. The molecule has 15 aromatic rings. The number of aromatic nitrogens is 2. The fourth-order valence-electron chi connectivity index (χ4n) is 11.6. The number of anilines is 6. The van der Waals surface area contributed by atoms with Crippen LogP contribution in [0.2, 0.25) is 0 Å². The van der Waals surface area contributed by atoms with E-state index in [4.69, 9.17) is 17.8 Å². The van der Waals surface area contributed by atoms with Gasteiger partial charge in [-0.1, -0.05) is 199 Å². The number of nitrogens with zero attached hydrogens (tertiary/aromatic N) is 4. The Kier molecular flexibility index (Phi) is 6.04. The average molecular weight is 1030 g/mol. The molecule has 4 heterocycles. The molecule has 0 amide bonds. The molecule has 0 N–H and O–H groups in total. The first-order chi connectivity index (χ1) is 47.9. The molecule has 0 saturated heterocycles. The number of para-hydroxylation sites is 4. The van der Waals surface area contributed by atoms with Crippen LogP contribution in [0.1, 0.15) is 85.6 Å². The second kappa shape index (κ2) is 17.1. The van der Waals surface area contributed by atoms with Crippen molar-refractivity contribution in [1.82, 2.24) is 8.80 Å². The van der Waals surface area contributed by atoms with E-state index in [1.165, 1.54) is 4.90 Å². The molecule has 0 unspecified atom stereocenters. The maximum Gasteiger partial charge on any atom is 0.0645 e. The molecule has 0 atom stereocenters. The summed E-state index contributed by atoms with van der Waals surface area (Å²) in [6.07, 6.45) is 0. The quantitative estimate of drug-likeness (QED) is 0.151. The van der Waals surface area contributed by atoms with Crippen molar-refractivity contribution in [3.63, 3.8) is 0 Å². The smallest absolute Gasteiger partial charge is 0.0645 e. The van der Waals surface area contributed by atoms with Crippen LogP contribution < -0.4 is 9.80 Å². The van der Waals surface area contributed by atoms with Gasteiger partial charge in [-0.25, -0.2) is 0 Å². The first-order valence-corrected chi connectivity index (χ1v) is 25.5. The molecule has 0 aliphatic carbocycles. The second-order valence-corrected chi connectivity index (χ2v) is 21.6. The van der Waals surface area contributed by atoms with Gasteiger partial charge in [-0.05, 0) is 118 Å². The summed E-state index contributed by atoms with van der Waals surface area (Å²) in [7, 11) is 0. The van der Waals surface area contributed by atoms with Crippen LogP contribution in [-0.2, 0) is 10.8 Å². The van der Waals surface area contributed by atoms with Crippen LogP contribution in [0.25, 0.3) is 98.4 Å². The molecule has 0 bridgehead atoms. The third-order valence-electron chi connectivity index (χ3n) is 15.1. The fourth-order valence-corrected chi connectivity index (χ4v) is 11.6. The Hall–Kier alpha value is -9.38. The Morgan fingerprint density at radius 3 is 1.24 bits per heavy atom. The van der Waals surface area contributed by atoms with E-state index in [0.29, 0.717) is 76.5 Å². The first-order valence-electron chi connectivity index (χ1n) is 37.5. The summed E-state index contributed by atoms with van der Waals surface area (Å²) < 4.78 is 223. The van der Waals surface area contributed by atoms with Gasteiger partial charge in [-0.3, -0.25) is 0 Å². The molecule has 374 valence electrons. The summed E-state index contributed by atoms with van der Waals surface area (Å²) in [5, 5.41) is 4.90. The summed E-state index contributed by atoms with van der Waals surface area (Å²) >= 11 is 0. The normalized spacial score (nSPS) is 16.8.